The van der Waals surface area contributed by atoms with Crippen molar-refractivity contribution in [3.63, 3.8) is 0 Å². The second-order valence-electron chi connectivity index (χ2n) is 4.29. The first-order valence-corrected chi connectivity index (χ1v) is 7.93. The number of rotatable bonds is 3. The summed E-state index contributed by atoms with van der Waals surface area (Å²) in [6.45, 7) is 4.41. The number of aromatic nitrogens is 1. The molecule has 1 saturated heterocycles. The molecule has 2 heterocycles. The predicted octanol–water partition coefficient (Wildman–Crippen LogP) is 2.13. The quantitative estimate of drug-likeness (QED) is 0.650. The van der Waals surface area contributed by atoms with E-state index in [2.05, 4.69) is 24.3 Å². The summed E-state index contributed by atoms with van der Waals surface area (Å²) in [5, 5.41) is 1.14. The fraction of sp³-hybridized carbons (Fsp3) is 0.583. The van der Waals surface area contributed by atoms with Gasteiger partial charge in [0.1, 0.15) is 0 Å². The first-order chi connectivity index (χ1) is 8.24. The smallest absolute Gasteiger partial charge is 0.0607 e. The molecule has 94 valence electrons. The molecule has 3 unspecified atom stereocenters. The first kappa shape index (κ1) is 13.2. The molecule has 3 atom stereocenters. The van der Waals surface area contributed by atoms with Gasteiger partial charge < -0.3 is 0 Å². The Labute approximate surface area is 111 Å². The predicted molar refractivity (Wildman–Crippen MR) is 77.2 cm³/mol. The Morgan fingerprint density at radius 1 is 1.47 bits per heavy atom. The number of hydrogen-bond acceptors (Lipinski definition) is 5. The van der Waals surface area contributed by atoms with Crippen LogP contribution < -0.4 is 11.3 Å². The van der Waals surface area contributed by atoms with Crippen LogP contribution in [-0.2, 0) is 0 Å². The lowest BCUT2D eigenvalue weighted by Crippen LogP contribution is -2.41. The van der Waals surface area contributed by atoms with Crippen LogP contribution in [-0.4, -0.2) is 27.0 Å². The number of hydrazine groups is 1. The molecule has 0 aliphatic carbocycles. The first-order valence-electron chi connectivity index (χ1n) is 5.84. The number of nitrogens with two attached hydrogens (primary N) is 1. The molecule has 5 heteroatoms. The van der Waals surface area contributed by atoms with Crippen molar-refractivity contribution in [1.29, 1.82) is 0 Å². The molecule has 1 aliphatic heterocycles. The summed E-state index contributed by atoms with van der Waals surface area (Å²) in [4.78, 5) is 4.22. The van der Waals surface area contributed by atoms with Crippen molar-refractivity contribution in [3.8, 4) is 0 Å². The molecule has 0 radical (unpaired) electrons. The van der Waals surface area contributed by atoms with E-state index in [9.17, 15) is 0 Å². The van der Waals surface area contributed by atoms with Gasteiger partial charge in [-0.05, 0) is 24.1 Å². The minimum atomic E-state index is 0.191. The second-order valence-corrected chi connectivity index (χ2v) is 7.06. The second kappa shape index (κ2) is 6.09. The van der Waals surface area contributed by atoms with Crippen LogP contribution in [0.15, 0.2) is 18.5 Å². The summed E-state index contributed by atoms with van der Waals surface area (Å²) < 4.78 is 0. The monoisotopic (exact) mass is 269 g/mol. The molecule has 0 bridgehead atoms. The van der Waals surface area contributed by atoms with Crippen molar-refractivity contribution in [2.75, 3.05) is 11.5 Å². The van der Waals surface area contributed by atoms with Crippen LogP contribution in [0.4, 0.5) is 0 Å². The van der Waals surface area contributed by atoms with Crippen molar-refractivity contribution in [1.82, 2.24) is 10.4 Å². The van der Waals surface area contributed by atoms with Gasteiger partial charge in [-0.1, -0.05) is 6.92 Å². The SMILES string of the molecule is Cc1ccncc1C(NN)C1SCCSC1C. The molecular weight excluding hydrogens is 250 g/mol. The van der Waals surface area contributed by atoms with Crippen LogP contribution >= 0.6 is 23.5 Å². The molecule has 0 aromatic carbocycles. The molecule has 1 aromatic heterocycles. The molecule has 0 amide bonds. The Bertz CT molecular complexity index is 373. The third-order valence-electron chi connectivity index (χ3n) is 3.16. The fourth-order valence-electron chi connectivity index (χ4n) is 2.18. The maximum Gasteiger partial charge on any atom is 0.0607 e. The lowest BCUT2D eigenvalue weighted by molar-refractivity contribution is 0.523. The van der Waals surface area contributed by atoms with Crippen LogP contribution in [0.5, 0.6) is 0 Å². The molecule has 3 N–H and O–H groups in total. The number of thioether (sulfide) groups is 2. The van der Waals surface area contributed by atoms with Gasteiger partial charge in [0.25, 0.3) is 0 Å². The highest BCUT2D eigenvalue weighted by atomic mass is 32.2. The lowest BCUT2D eigenvalue weighted by Gasteiger charge is -2.34. The fourth-order valence-corrected chi connectivity index (χ4v) is 5.10. The Morgan fingerprint density at radius 3 is 2.88 bits per heavy atom. The number of pyridine rings is 1. The number of nitrogens with one attached hydrogen (secondary N) is 1. The third kappa shape index (κ3) is 2.96. The Kier molecular flexibility index (Phi) is 4.73. The van der Waals surface area contributed by atoms with Gasteiger partial charge in [-0.25, -0.2) is 0 Å². The summed E-state index contributed by atoms with van der Waals surface area (Å²) in [6.07, 6.45) is 3.77. The Morgan fingerprint density at radius 2 is 2.24 bits per heavy atom. The van der Waals surface area contributed by atoms with Gasteiger partial charge in [0.15, 0.2) is 0 Å². The van der Waals surface area contributed by atoms with Crippen LogP contribution in [0.3, 0.4) is 0 Å². The van der Waals surface area contributed by atoms with E-state index in [1.807, 2.05) is 42.0 Å². The van der Waals surface area contributed by atoms with Crippen LogP contribution in [0.1, 0.15) is 24.1 Å². The molecule has 1 aliphatic rings. The zero-order chi connectivity index (χ0) is 12.3. The van der Waals surface area contributed by atoms with E-state index < -0.39 is 0 Å². The average Bonchev–Trinajstić information content (AvgIpc) is 2.34. The van der Waals surface area contributed by atoms with Gasteiger partial charge in [-0.2, -0.15) is 23.5 Å². The highest BCUT2D eigenvalue weighted by Gasteiger charge is 2.31. The normalized spacial score (nSPS) is 26.8. The summed E-state index contributed by atoms with van der Waals surface area (Å²) in [5.41, 5.74) is 5.46. The molecule has 3 nitrogen and oxygen atoms in total. The highest BCUT2D eigenvalue weighted by Crippen LogP contribution is 2.38. The summed E-state index contributed by atoms with van der Waals surface area (Å²) in [7, 11) is 0. The van der Waals surface area contributed by atoms with Gasteiger partial charge in [-0.15, -0.1) is 0 Å². The van der Waals surface area contributed by atoms with E-state index in [0.717, 1.165) is 0 Å². The van der Waals surface area contributed by atoms with Gasteiger partial charge in [0, 0.05) is 34.4 Å². The van der Waals surface area contributed by atoms with Crippen molar-refractivity contribution in [3.05, 3.63) is 29.6 Å². The maximum absolute atomic E-state index is 5.77. The van der Waals surface area contributed by atoms with Crippen LogP contribution in [0, 0.1) is 6.92 Å². The van der Waals surface area contributed by atoms with Crippen LogP contribution in [0.25, 0.3) is 0 Å². The molecule has 1 fully saturated rings. The van der Waals surface area contributed by atoms with Gasteiger partial charge in [0.2, 0.25) is 0 Å². The number of aryl methyl sites for hydroxylation is 1. The van der Waals surface area contributed by atoms with E-state index in [1.165, 1.54) is 22.6 Å². The van der Waals surface area contributed by atoms with E-state index in [4.69, 9.17) is 5.84 Å². The zero-order valence-electron chi connectivity index (χ0n) is 10.2. The van der Waals surface area contributed by atoms with Crippen LogP contribution in [0.2, 0.25) is 0 Å². The Balaban J connectivity index is 2.23. The van der Waals surface area contributed by atoms with E-state index in [1.54, 1.807) is 0 Å². The van der Waals surface area contributed by atoms with E-state index in [0.29, 0.717) is 10.5 Å². The number of nitrogens with zero attached hydrogens (tertiary/aromatic N) is 1. The van der Waals surface area contributed by atoms with E-state index >= 15 is 0 Å². The van der Waals surface area contributed by atoms with Gasteiger partial charge in [0.05, 0.1) is 6.04 Å². The van der Waals surface area contributed by atoms with E-state index in [-0.39, 0.29) is 6.04 Å². The van der Waals surface area contributed by atoms with Gasteiger partial charge in [-0.3, -0.25) is 16.3 Å². The van der Waals surface area contributed by atoms with Crippen molar-refractivity contribution in [2.45, 2.75) is 30.4 Å². The summed E-state index contributed by atoms with van der Waals surface area (Å²) >= 11 is 4.05. The summed E-state index contributed by atoms with van der Waals surface area (Å²) in [5.74, 6) is 8.21. The number of hydrogen-bond donors (Lipinski definition) is 2. The topological polar surface area (TPSA) is 50.9 Å². The average molecular weight is 269 g/mol. The molecule has 0 spiro atoms. The van der Waals surface area contributed by atoms with Crippen molar-refractivity contribution < 1.29 is 0 Å². The van der Waals surface area contributed by atoms with Crippen molar-refractivity contribution >= 4 is 23.5 Å². The Hall–Kier alpha value is -0.230. The minimum Gasteiger partial charge on any atom is -0.271 e. The molecule has 17 heavy (non-hydrogen) atoms. The summed E-state index contributed by atoms with van der Waals surface area (Å²) in [6, 6.07) is 2.24. The maximum atomic E-state index is 5.77. The minimum absolute atomic E-state index is 0.191. The van der Waals surface area contributed by atoms with Gasteiger partial charge >= 0.3 is 0 Å². The lowest BCUT2D eigenvalue weighted by atomic mass is 10.00. The molecule has 0 saturated carbocycles. The highest BCUT2D eigenvalue weighted by molar-refractivity contribution is 8.07. The van der Waals surface area contributed by atoms with Crippen molar-refractivity contribution in [2.24, 2.45) is 5.84 Å². The zero-order valence-corrected chi connectivity index (χ0v) is 11.9. The molecule has 1 aromatic rings. The molecule has 2 rings (SSSR count). The molecular formula is C12H19N3S2. The third-order valence-corrected chi connectivity index (χ3v) is 6.35. The standard InChI is InChI=1S/C12H19N3S2/c1-8-3-4-14-7-10(8)11(15-13)12-9(2)16-5-6-17-12/h3-4,7,9,11-12,15H,5-6,13H2,1-2H3. The largest absolute Gasteiger partial charge is 0.271 e.